The number of carbonyl (C=O) groups is 2. The maximum atomic E-state index is 11.2. The van der Waals surface area contributed by atoms with Gasteiger partial charge in [-0.05, 0) is 20.8 Å². The van der Waals surface area contributed by atoms with Crippen molar-refractivity contribution in [3.63, 3.8) is 0 Å². The molecule has 1 atom stereocenters. The summed E-state index contributed by atoms with van der Waals surface area (Å²) in [5.74, 6) is -1.59. The van der Waals surface area contributed by atoms with Crippen LogP contribution in [0.1, 0.15) is 33.6 Å². The highest BCUT2D eigenvalue weighted by Crippen LogP contribution is 2.08. The Bertz CT molecular complexity index is 242. The van der Waals surface area contributed by atoms with Crippen molar-refractivity contribution in [1.29, 1.82) is 0 Å². The number of carbonyl (C=O) groups excluding carboxylic acids is 2. The van der Waals surface area contributed by atoms with Crippen molar-refractivity contribution >= 4 is 11.9 Å². The van der Waals surface area contributed by atoms with Crippen LogP contribution >= 0.6 is 0 Å². The lowest BCUT2D eigenvalue weighted by Gasteiger charge is -2.19. The van der Waals surface area contributed by atoms with Gasteiger partial charge in [0.25, 0.3) is 0 Å². The second-order valence-electron chi connectivity index (χ2n) is 4.22. The summed E-state index contributed by atoms with van der Waals surface area (Å²) in [4.78, 5) is 22.2. The van der Waals surface area contributed by atoms with Crippen LogP contribution in [0.2, 0.25) is 0 Å². The van der Waals surface area contributed by atoms with Crippen LogP contribution in [0.4, 0.5) is 0 Å². The van der Waals surface area contributed by atoms with Gasteiger partial charge in [0.05, 0.1) is 0 Å². The third-order valence-electron chi connectivity index (χ3n) is 1.35. The van der Waals surface area contributed by atoms with Gasteiger partial charge in [0.1, 0.15) is 12.0 Å². The molecule has 0 fully saturated rings. The Morgan fingerprint density at radius 1 is 1.25 bits per heavy atom. The number of aliphatic hydroxyl groups excluding tert-OH is 2. The maximum Gasteiger partial charge on any atom is 0.319 e. The molecular weight excluding hydrogens is 216 g/mol. The van der Waals surface area contributed by atoms with Crippen LogP contribution in [0, 0.1) is 0 Å². The molecule has 0 spiro atoms. The largest absolute Gasteiger partial charge is 0.460 e. The van der Waals surface area contributed by atoms with Gasteiger partial charge in [0.15, 0.2) is 0 Å². The number of esters is 2. The predicted octanol–water partition coefficient (Wildman–Crippen LogP) is -0.0378. The van der Waals surface area contributed by atoms with Crippen molar-refractivity contribution < 1.29 is 29.3 Å². The molecule has 0 rings (SSSR count). The van der Waals surface area contributed by atoms with Crippen molar-refractivity contribution in [3.8, 4) is 0 Å². The average Bonchev–Trinajstić information content (AvgIpc) is 1.98. The van der Waals surface area contributed by atoms with Crippen LogP contribution in [0.5, 0.6) is 0 Å². The quantitative estimate of drug-likeness (QED) is 0.394. The lowest BCUT2D eigenvalue weighted by Crippen LogP contribution is -2.27. The van der Waals surface area contributed by atoms with Crippen molar-refractivity contribution in [1.82, 2.24) is 0 Å². The predicted molar refractivity (Wildman–Crippen MR) is 54.3 cm³/mol. The SMILES string of the molecule is CC(C)(C)OC(=O)CC(=O)OC(O)CCO. The first kappa shape index (κ1) is 14.9. The molecule has 0 aliphatic rings. The molecule has 0 bridgehead atoms. The molecule has 0 radical (unpaired) electrons. The first-order valence-electron chi connectivity index (χ1n) is 4.95. The average molecular weight is 234 g/mol. The monoisotopic (exact) mass is 234 g/mol. The highest BCUT2D eigenvalue weighted by molar-refractivity contribution is 5.91. The summed E-state index contributed by atoms with van der Waals surface area (Å²) >= 11 is 0. The second-order valence-corrected chi connectivity index (χ2v) is 4.22. The van der Waals surface area contributed by atoms with Crippen LogP contribution in [0.25, 0.3) is 0 Å². The number of ether oxygens (including phenoxy) is 2. The number of rotatable bonds is 5. The molecule has 0 saturated carbocycles. The molecule has 6 heteroatoms. The molecule has 0 aromatic rings. The van der Waals surface area contributed by atoms with E-state index in [1.54, 1.807) is 20.8 Å². The molecule has 94 valence electrons. The van der Waals surface area contributed by atoms with Crippen molar-refractivity contribution in [2.75, 3.05) is 6.61 Å². The van der Waals surface area contributed by atoms with Crippen molar-refractivity contribution in [2.24, 2.45) is 0 Å². The second kappa shape index (κ2) is 6.44. The molecule has 0 saturated heterocycles. The topological polar surface area (TPSA) is 93.1 Å². The number of hydrogen-bond acceptors (Lipinski definition) is 6. The van der Waals surface area contributed by atoms with E-state index in [4.69, 9.17) is 14.9 Å². The van der Waals surface area contributed by atoms with E-state index in [9.17, 15) is 9.59 Å². The maximum absolute atomic E-state index is 11.2. The number of hydrogen-bond donors (Lipinski definition) is 2. The van der Waals surface area contributed by atoms with Crippen LogP contribution in [-0.2, 0) is 19.1 Å². The summed E-state index contributed by atoms with van der Waals surface area (Å²) in [6.45, 7) is 4.73. The summed E-state index contributed by atoms with van der Waals surface area (Å²) in [6.07, 6.45) is -2.03. The minimum absolute atomic E-state index is 0.0833. The van der Waals surface area contributed by atoms with Crippen LogP contribution in [-0.4, -0.2) is 40.6 Å². The Hall–Kier alpha value is -1.14. The van der Waals surface area contributed by atoms with E-state index in [0.717, 1.165) is 0 Å². The fraction of sp³-hybridized carbons (Fsp3) is 0.800. The van der Waals surface area contributed by atoms with Gasteiger partial charge in [-0.3, -0.25) is 9.59 Å². The van der Waals surface area contributed by atoms with Gasteiger partial charge in [-0.15, -0.1) is 0 Å². The molecule has 16 heavy (non-hydrogen) atoms. The molecule has 0 aromatic heterocycles. The van der Waals surface area contributed by atoms with E-state index >= 15 is 0 Å². The zero-order chi connectivity index (χ0) is 12.8. The highest BCUT2D eigenvalue weighted by Gasteiger charge is 2.20. The standard InChI is InChI=1S/C10H18O6/c1-10(2,3)16-9(14)6-8(13)15-7(12)4-5-11/h7,11-12H,4-6H2,1-3H3. The summed E-state index contributed by atoms with van der Waals surface area (Å²) in [6, 6.07) is 0. The third kappa shape index (κ3) is 8.19. The van der Waals surface area contributed by atoms with Crippen LogP contribution in [0.3, 0.4) is 0 Å². The van der Waals surface area contributed by atoms with Gasteiger partial charge in [-0.1, -0.05) is 0 Å². The van der Waals surface area contributed by atoms with E-state index in [0.29, 0.717) is 0 Å². The van der Waals surface area contributed by atoms with Gasteiger partial charge < -0.3 is 19.7 Å². The molecule has 6 nitrogen and oxygen atoms in total. The van der Waals surface area contributed by atoms with E-state index in [1.807, 2.05) is 0 Å². The molecular formula is C10H18O6. The third-order valence-corrected chi connectivity index (χ3v) is 1.35. The fourth-order valence-corrected chi connectivity index (χ4v) is 0.858. The molecule has 0 amide bonds. The van der Waals surface area contributed by atoms with Gasteiger partial charge >= 0.3 is 11.9 Å². The summed E-state index contributed by atoms with van der Waals surface area (Å²) in [7, 11) is 0. The zero-order valence-electron chi connectivity index (χ0n) is 9.73. The van der Waals surface area contributed by atoms with Crippen molar-refractivity contribution in [2.45, 2.75) is 45.5 Å². The first-order valence-corrected chi connectivity index (χ1v) is 4.95. The fourth-order valence-electron chi connectivity index (χ4n) is 0.858. The Morgan fingerprint density at radius 3 is 2.25 bits per heavy atom. The lowest BCUT2D eigenvalue weighted by molar-refractivity contribution is -0.175. The van der Waals surface area contributed by atoms with E-state index in [1.165, 1.54) is 0 Å². The van der Waals surface area contributed by atoms with Gasteiger partial charge in [-0.2, -0.15) is 0 Å². The molecule has 0 aliphatic heterocycles. The van der Waals surface area contributed by atoms with Gasteiger partial charge in [-0.25, -0.2) is 0 Å². The van der Waals surface area contributed by atoms with Gasteiger partial charge in [0, 0.05) is 13.0 Å². The lowest BCUT2D eigenvalue weighted by atomic mass is 10.2. The van der Waals surface area contributed by atoms with Crippen LogP contribution in [0.15, 0.2) is 0 Å². The summed E-state index contributed by atoms with van der Waals surface area (Å²) < 4.78 is 9.31. The Balaban J connectivity index is 3.92. The minimum atomic E-state index is -1.39. The molecule has 0 aliphatic carbocycles. The van der Waals surface area contributed by atoms with Crippen molar-refractivity contribution in [3.05, 3.63) is 0 Å². The normalized spacial score (nSPS) is 13.1. The van der Waals surface area contributed by atoms with E-state index in [-0.39, 0.29) is 13.0 Å². The molecule has 0 heterocycles. The number of aliphatic hydroxyl groups is 2. The summed E-state index contributed by atoms with van der Waals surface area (Å²) in [5.41, 5.74) is -0.666. The Morgan fingerprint density at radius 2 is 1.81 bits per heavy atom. The first-order chi connectivity index (χ1) is 7.24. The Kier molecular flexibility index (Phi) is 5.98. The van der Waals surface area contributed by atoms with Crippen LogP contribution < -0.4 is 0 Å². The Labute approximate surface area is 94.2 Å². The molecule has 2 N–H and O–H groups in total. The van der Waals surface area contributed by atoms with Gasteiger partial charge in [0.2, 0.25) is 6.29 Å². The highest BCUT2D eigenvalue weighted by atomic mass is 16.6. The molecule has 1 unspecified atom stereocenters. The van der Waals surface area contributed by atoms with E-state index in [2.05, 4.69) is 4.74 Å². The molecule has 0 aromatic carbocycles. The zero-order valence-corrected chi connectivity index (χ0v) is 9.73. The minimum Gasteiger partial charge on any atom is -0.460 e. The summed E-state index contributed by atoms with van der Waals surface area (Å²) in [5, 5.41) is 17.5. The van der Waals surface area contributed by atoms with E-state index < -0.39 is 30.3 Å². The smallest absolute Gasteiger partial charge is 0.319 e.